The van der Waals surface area contributed by atoms with E-state index in [1.807, 2.05) is 44.2 Å². The van der Waals surface area contributed by atoms with Crippen LogP contribution in [-0.2, 0) is 0 Å². The Kier molecular flexibility index (Phi) is 7.73. The number of carboxylic acid groups (broad SMARTS) is 1. The first-order valence-corrected chi connectivity index (χ1v) is 9.60. The van der Waals surface area contributed by atoms with Gasteiger partial charge in [0.25, 0.3) is 5.69 Å². The van der Waals surface area contributed by atoms with E-state index in [0.717, 1.165) is 5.57 Å². The van der Waals surface area contributed by atoms with Gasteiger partial charge in [0.1, 0.15) is 0 Å². The van der Waals surface area contributed by atoms with Crippen LogP contribution in [0.25, 0.3) is 10.9 Å². The molecule has 1 aromatic carbocycles. The fraction of sp³-hybridized carbons (Fsp3) is 0.143. The number of thioether (sulfide) groups is 1. The molecule has 1 N–H and O–H groups in total. The Balaban J connectivity index is 2.56. The summed E-state index contributed by atoms with van der Waals surface area (Å²) in [5.74, 6) is -1.17. The summed E-state index contributed by atoms with van der Waals surface area (Å²) in [7, 11) is 0. The highest BCUT2D eigenvalue weighted by molar-refractivity contribution is 8.16. The maximum absolute atomic E-state index is 11.7. The number of hydrogen-bond donors (Lipinski definition) is 1. The third-order valence-electron chi connectivity index (χ3n) is 4.01. The van der Waals surface area contributed by atoms with Crippen LogP contribution in [0.15, 0.2) is 77.3 Å². The van der Waals surface area contributed by atoms with Crippen molar-refractivity contribution in [2.24, 2.45) is 4.99 Å². The number of nitro benzene ring substituents is 1. The van der Waals surface area contributed by atoms with Gasteiger partial charge in [-0.05, 0) is 30.9 Å². The normalized spacial score (nSPS) is 12.9. The molecule has 150 valence electrons. The Morgan fingerprint density at radius 2 is 2.14 bits per heavy atom. The van der Waals surface area contributed by atoms with Gasteiger partial charge in [0.05, 0.1) is 22.5 Å². The minimum atomic E-state index is -1.17. The van der Waals surface area contributed by atoms with Crippen LogP contribution in [0.4, 0.5) is 5.69 Å². The van der Waals surface area contributed by atoms with Gasteiger partial charge in [0.2, 0.25) is 0 Å². The first-order valence-electron chi connectivity index (χ1n) is 8.72. The van der Waals surface area contributed by atoms with Crippen LogP contribution in [0.1, 0.15) is 24.2 Å². The van der Waals surface area contributed by atoms with Crippen molar-refractivity contribution in [1.82, 2.24) is 4.57 Å². The highest BCUT2D eigenvalue weighted by atomic mass is 32.2. The van der Waals surface area contributed by atoms with E-state index in [1.54, 1.807) is 9.98 Å². The van der Waals surface area contributed by atoms with Gasteiger partial charge in [-0.3, -0.25) is 19.7 Å². The number of nitro groups is 1. The van der Waals surface area contributed by atoms with Gasteiger partial charge in [-0.2, -0.15) is 0 Å². The topological polar surface area (TPSA) is 97.7 Å². The SMILES string of the molecule is C=CSC(=NCC(/C=C\C=C/C)=C/C)n1cc(C(=O)O)c2cc([N+](=O)[O-])ccc21. The zero-order valence-electron chi connectivity index (χ0n) is 16.1. The maximum atomic E-state index is 11.7. The lowest BCUT2D eigenvalue weighted by Gasteiger charge is -2.07. The van der Waals surface area contributed by atoms with Gasteiger partial charge in [-0.1, -0.05) is 48.7 Å². The molecule has 2 aromatic rings. The van der Waals surface area contributed by atoms with E-state index in [-0.39, 0.29) is 16.6 Å². The number of carbonyl (C=O) groups is 1. The molecule has 2 rings (SSSR count). The average Bonchev–Trinajstić information content (AvgIpc) is 3.08. The smallest absolute Gasteiger partial charge is 0.337 e. The van der Waals surface area contributed by atoms with Crippen LogP contribution in [0.5, 0.6) is 0 Å². The fourth-order valence-corrected chi connectivity index (χ4v) is 3.15. The van der Waals surface area contributed by atoms with Crippen molar-refractivity contribution in [2.75, 3.05) is 6.54 Å². The van der Waals surface area contributed by atoms with Crippen LogP contribution >= 0.6 is 11.8 Å². The lowest BCUT2D eigenvalue weighted by atomic mass is 10.1. The molecule has 0 bridgehead atoms. The second-order valence-corrected chi connectivity index (χ2v) is 6.74. The second-order valence-electron chi connectivity index (χ2n) is 5.81. The number of hydrogen-bond acceptors (Lipinski definition) is 5. The van der Waals surface area contributed by atoms with Crippen molar-refractivity contribution >= 4 is 39.5 Å². The second kappa shape index (κ2) is 10.2. The van der Waals surface area contributed by atoms with E-state index in [0.29, 0.717) is 17.2 Å². The van der Waals surface area contributed by atoms with Crippen molar-refractivity contribution in [3.8, 4) is 0 Å². The zero-order valence-corrected chi connectivity index (χ0v) is 16.9. The summed E-state index contributed by atoms with van der Waals surface area (Å²) in [5.41, 5.74) is 1.31. The molecule has 0 fully saturated rings. The van der Waals surface area contributed by atoms with E-state index in [9.17, 15) is 20.0 Å². The zero-order chi connectivity index (χ0) is 21.4. The minimum absolute atomic E-state index is 0.0275. The molecule has 1 aromatic heterocycles. The molecule has 0 aliphatic heterocycles. The van der Waals surface area contributed by atoms with Gasteiger partial charge < -0.3 is 5.11 Å². The summed E-state index contributed by atoms with van der Waals surface area (Å²) in [4.78, 5) is 26.8. The van der Waals surface area contributed by atoms with E-state index >= 15 is 0 Å². The van der Waals surface area contributed by atoms with Gasteiger partial charge in [-0.25, -0.2) is 4.79 Å². The van der Waals surface area contributed by atoms with Crippen LogP contribution in [-0.4, -0.2) is 32.3 Å². The van der Waals surface area contributed by atoms with E-state index in [4.69, 9.17) is 0 Å². The molecule has 0 radical (unpaired) electrons. The number of nitrogens with zero attached hydrogens (tertiary/aromatic N) is 3. The molecule has 0 saturated heterocycles. The summed E-state index contributed by atoms with van der Waals surface area (Å²) in [6, 6.07) is 4.14. The lowest BCUT2D eigenvalue weighted by Crippen LogP contribution is -2.07. The molecule has 8 heteroatoms. The van der Waals surface area contributed by atoms with Crippen molar-refractivity contribution in [1.29, 1.82) is 0 Å². The highest BCUT2D eigenvalue weighted by Crippen LogP contribution is 2.28. The predicted molar refractivity (Wildman–Crippen MR) is 119 cm³/mol. The van der Waals surface area contributed by atoms with Crippen LogP contribution in [0.3, 0.4) is 0 Å². The van der Waals surface area contributed by atoms with Crippen LogP contribution < -0.4 is 0 Å². The monoisotopic (exact) mass is 411 g/mol. The molecule has 0 atom stereocenters. The third-order valence-corrected chi connectivity index (χ3v) is 4.71. The predicted octanol–water partition coefficient (Wildman–Crippen LogP) is 5.41. The number of aliphatic imine (C=N–C) groups is 1. The summed E-state index contributed by atoms with van der Waals surface area (Å²) >= 11 is 1.25. The first kappa shape index (κ1) is 21.9. The fourth-order valence-electron chi connectivity index (χ4n) is 2.59. The molecule has 7 nitrogen and oxygen atoms in total. The number of rotatable bonds is 7. The van der Waals surface area contributed by atoms with E-state index in [1.165, 1.54) is 36.2 Å². The van der Waals surface area contributed by atoms with Gasteiger partial charge in [-0.15, -0.1) is 0 Å². The van der Waals surface area contributed by atoms with Crippen LogP contribution in [0.2, 0.25) is 0 Å². The molecule has 0 spiro atoms. The Labute approximate surface area is 172 Å². The molecule has 29 heavy (non-hydrogen) atoms. The maximum Gasteiger partial charge on any atom is 0.337 e. The Morgan fingerprint density at radius 3 is 2.72 bits per heavy atom. The van der Waals surface area contributed by atoms with E-state index < -0.39 is 10.9 Å². The Morgan fingerprint density at radius 1 is 1.38 bits per heavy atom. The first-order chi connectivity index (χ1) is 13.9. The molecule has 0 amide bonds. The summed E-state index contributed by atoms with van der Waals surface area (Å²) < 4.78 is 1.62. The largest absolute Gasteiger partial charge is 0.478 e. The molecule has 0 saturated carbocycles. The van der Waals surface area contributed by atoms with Crippen molar-refractivity contribution in [3.63, 3.8) is 0 Å². The molecule has 0 unspecified atom stereocenters. The highest BCUT2D eigenvalue weighted by Gasteiger charge is 2.19. The van der Waals surface area contributed by atoms with Gasteiger partial charge in [0.15, 0.2) is 5.17 Å². The third kappa shape index (κ3) is 5.32. The van der Waals surface area contributed by atoms with Crippen molar-refractivity contribution in [3.05, 3.63) is 88.0 Å². The van der Waals surface area contributed by atoms with Crippen LogP contribution in [0, 0.1) is 10.1 Å². The summed E-state index contributed by atoms with van der Waals surface area (Å²) in [6.07, 6.45) is 11.1. The average molecular weight is 411 g/mol. The number of carboxylic acids is 1. The number of aromatic nitrogens is 1. The van der Waals surface area contributed by atoms with Gasteiger partial charge in [0, 0.05) is 23.7 Å². The minimum Gasteiger partial charge on any atom is -0.478 e. The van der Waals surface area contributed by atoms with E-state index in [2.05, 4.69) is 11.6 Å². The molecular weight excluding hydrogens is 390 g/mol. The Bertz CT molecular complexity index is 1060. The lowest BCUT2D eigenvalue weighted by molar-refractivity contribution is -0.384. The number of aromatic carboxylic acids is 1. The summed E-state index contributed by atoms with van der Waals surface area (Å²) in [5, 5.41) is 23.0. The molecular formula is C21H21N3O4S. The number of allylic oxidation sites excluding steroid dienone is 4. The van der Waals surface area contributed by atoms with Crippen molar-refractivity contribution in [2.45, 2.75) is 13.8 Å². The number of fused-ring (bicyclic) bond motifs is 1. The van der Waals surface area contributed by atoms with Crippen molar-refractivity contribution < 1.29 is 14.8 Å². The standard InChI is InChI=1S/C21H21N3O4S/c1-4-7-8-9-15(5-2)13-22-21(29-6-3)23-14-18(20(25)26)17-12-16(24(27)28)10-11-19(17)23/h4-12,14H,3,13H2,1-2H3,(H,25,26)/b7-4-,9-8-,15-5+,22-21?. The Hall–Kier alpha value is -3.39. The quantitative estimate of drug-likeness (QED) is 0.216. The molecule has 1 heterocycles. The molecule has 0 aliphatic rings. The summed E-state index contributed by atoms with van der Waals surface area (Å²) in [6.45, 7) is 7.95. The number of benzene rings is 1. The van der Waals surface area contributed by atoms with Gasteiger partial charge >= 0.3 is 5.97 Å². The molecule has 0 aliphatic carbocycles. The number of non-ortho nitro benzene ring substituents is 1.